The Morgan fingerprint density at radius 1 is 1.04 bits per heavy atom. The van der Waals surface area contributed by atoms with E-state index in [0.29, 0.717) is 6.54 Å². The predicted octanol–water partition coefficient (Wildman–Crippen LogP) is 3.99. The van der Waals surface area contributed by atoms with Gasteiger partial charge in [-0.3, -0.25) is 0 Å². The molecule has 1 heterocycles. The van der Waals surface area contributed by atoms with E-state index in [1.165, 1.54) is 16.3 Å². The maximum Gasteiger partial charge on any atom is 0.315 e. The Balaban J connectivity index is 1.49. The Morgan fingerprint density at radius 2 is 1.69 bits per heavy atom. The fourth-order valence-electron chi connectivity index (χ4n) is 4.38. The average molecular weight is 354 g/mol. The third kappa shape index (κ3) is 4.98. The van der Waals surface area contributed by atoms with Crippen LogP contribution in [0.1, 0.15) is 46.1 Å². The largest absolute Gasteiger partial charge is 0.338 e. The van der Waals surface area contributed by atoms with Crippen molar-refractivity contribution < 1.29 is 4.79 Å². The topological polar surface area (TPSA) is 53.2 Å². The van der Waals surface area contributed by atoms with Crippen molar-refractivity contribution in [2.75, 3.05) is 6.54 Å². The summed E-state index contributed by atoms with van der Waals surface area (Å²) in [4.78, 5) is 12.3. The van der Waals surface area contributed by atoms with Gasteiger partial charge in [0, 0.05) is 23.7 Å². The van der Waals surface area contributed by atoms with Crippen molar-refractivity contribution in [2.24, 2.45) is 0 Å². The minimum absolute atomic E-state index is 0.0325. The molecule has 1 aliphatic heterocycles. The lowest BCUT2D eigenvalue weighted by Gasteiger charge is -2.46. The molecule has 1 aliphatic rings. The molecule has 2 aromatic carbocycles. The summed E-state index contributed by atoms with van der Waals surface area (Å²) in [5.74, 6) is 0. The SMILES string of the molecule is CC1(C)CC(NC(=O)NCCc2ccc3ccccc3c2)CC(C)(C)N1. The fourth-order valence-corrected chi connectivity index (χ4v) is 4.38. The summed E-state index contributed by atoms with van der Waals surface area (Å²) in [6, 6.07) is 15.0. The molecule has 4 nitrogen and oxygen atoms in total. The zero-order valence-electron chi connectivity index (χ0n) is 16.4. The number of nitrogens with one attached hydrogen (secondary N) is 3. The van der Waals surface area contributed by atoms with E-state index in [1.54, 1.807) is 0 Å². The van der Waals surface area contributed by atoms with Gasteiger partial charge in [-0.1, -0.05) is 42.5 Å². The van der Waals surface area contributed by atoms with Gasteiger partial charge in [0.05, 0.1) is 0 Å². The van der Waals surface area contributed by atoms with E-state index in [4.69, 9.17) is 0 Å². The van der Waals surface area contributed by atoms with Crippen molar-refractivity contribution in [3.63, 3.8) is 0 Å². The minimum atomic E-state index is -0.0655. The number of hydrogen-bond donors (Lipinski definition) is 3. The predicted molar refractivity (Wildman–Crippen MR) is 109 cm³/mol. The number of amides is 2. The van der Waals surface area contributed by atoms with Crippen LogP contribution in [0.15, 0.2) is 42.5 Å². The molecule has 1 saturated heterocycles. The fraction of sp³-hybridized carbons (Fsp3) is 0.500. The van der Waals surface area contributed by atoms with E-state index in [2.05, 4.69) is 86.1 Å². The quantitative estimate of drug-likeness (QED) is 0.778. The van der Waals surface area contributed by atoms with Crippen LogP contribution in [-0.4, -0.2) is 29.7 Å². The third-order valence-electron chi connectivity index (χ3n) is 5.04. The first-order valence-corrected chi connectivity index (χ1v) is 9.54. The Bertz CT molecular complexity index is 766. The Kier molecular flexibility index (Phi) is 5.24. The van der Waals surface area contributed by atoms with Crippen molar-refractivity contribution in [3.8, 4) is 0 Å². The van der Waals surface area contributed by atoms with E-state index in [-0.39, 0.29) is 23.2 Å². The van der Waals surface area contributed by atoms with Crippen molar-refractivity contribution in [2.45, 2.75) is 64.1 Å². The standard InChI is InChI=1S/C22H31N3O/c1-21(2)14-19(15-22(3,4)25-21)24-20(26)23-12-11-16-9-10-17-7-5-6-8-18(17)13-16/h5-10,13,19,25H,11-12,14-15H2,1-4H3,(H2,23,24,26). The minimum Gasteiger partial charge on any atom is -0.338 e. The van der Waals surface area contributed by atoms with Crippen LogP contribution in [0.4, 0.5) is 4.79 Å². The van der Waals surface area contributed by atoms with Crippen LogP contribution in [0, 0.1) is 0 Å². The Hall–Kier alpha value is -2.07. The van der Waals surface area contributed by atoms with E-state index in [9.17, 15) is 4.79 Å². The molecule has 2 aromatic rings. The maximum absolute atomic E-state index is 12.3. The molecule has 2 amide bonds. The van der Waals surface area contributed by atoms with Crippen molar-refractivity contribution in [3.05, 3.63) is 48.0 Å². The zero-order valence-corrected chi connectivity index (χ0v) is 16.4. The van der Waals surface area contributed by atoms with E-state index in [0.717, 1.165) is 19.3 Å². The molecule has 0 spiro atoms. The van der Waals surface area contributed by atoms with Crippen LogP contribution in [0.5, 0.6) is 0 Å². The van der Waals surface area contributed by atoms with Gasteiger partial charge in [-0.05, 0) is 63.3 Å². The highest BCUT2D eigenvalue weighted by molar-refractivity contribution is 5.83. The van der Waals surface area contributed by atoms with Crippen molar-refractivity contribution in [1.29, 1.82) is 0 Å². The lowest BCUT2D eigenvalue weighted by atomic mass is 9.80. The molecule has 26 heavy (non-hydrogen) atoms. The number of carbonyl (C=O) groups is 1. The summed E-state index contributed by atoms with van der Waals surface area (Å²) >= 11 is 0. The molecule has 0 bridgehead atoms. The van der Waals surface area contributed by atoms with Gasteiger partial charge in [-0.2, -0.15) is 0 Å². The molecular formula is C22H31N3O. The number of piperidine rings is 1. The smallest absolute Gasteiger partial charge is 0.315 e. The average Bonchev–Trinajstić information content (AvgIpc) is 2.51. The van der Waals surface area contributed by atoms with Crippen LogP contribution in [0.25, 0.3) is 10.8 Å². The first-order valence-electron chi connectivity index (χ1n) is 9.54. The molecule has 0 radical (unpaired) electrons. The van der Waals surface area contributed by atoms with Gasteiger partial charge in [0.25, 0.3) is 0 Å². The Labute approximate surface area is 156 Å². The summed E-state index contributed by atoms with van der Waals surface area (Å²) in [6.45, 7) is 9.42. The number of benzene rings is 2. The van der Waals surface area contributed by atoms with Crippen molar-refractivity contribution >= 4 is 16.8 Å². The molecule has 4 heteroatoms. The molecule has 0 aromatic heterocycles. The van der Waals surface area contributed by atoms with Crippen LogP contribution in [0.2, 0.25) is 0 Å². The zero-order chi connectivity index (χ0) is 18.8. The second kappa shape index (κ2) is 7.28. The molecule has 3 rings (SSSR count). The lowest BCUT2D eigenvalue weighted by molar-refractivity contribution is 0.147. The maximum atomic E-state index is 12.3. The summed E-state index contributed by atoms with van der Waals surface area (Å²) in [5, 5.41) is 12.3. The van der Waals surface area contributed by atoms with Gasteiger partial charge in [0.2, 0.25) is 0 Å². The molecule has 0 unspecified atom stereocenters. The summed E-state index contributed by atoms with van der Waals surface area (Å²) < 4.78 is 0. The number of rotatable bonds is 4. The second-order valence-corrected chi connectivity index (χ2v) is 8.83. The first kappa shape index (κ1) is 18.7. The monoisotopic (exact) mass is 353 g/mol. The summed E-state index contributed by atoms with van der Waals surface area (Å²) in [6.07, 6.45) is 2.71. The van der Waals surface area contributed by atoms with Crippen molar-refractivity contribution in [1.82, 2.24) is 16.0 Å². The molecule has 140 valence electrons. The highest BCUT2D eigenvalue weighted by atomic mass is 16.2. The normalized spacial score (nSPS) is 19.2. The second-order valence-electron chi connectivity index (χ2n) is 8.83. The number of urea groups is 1. The van der Waals surface area contributed by atoms with Crippen LogP contribution in [-0.2, 0) is 6.42 Å². The Morgan fingerprint density at radius 3 is 2.38 bits per heavy atom. The van der Waals surface area contributed by atoms with Gasteiger partial charge in [0.15, 0.2) is 0 Å². The summed E-state index contributed by atoms with van der Waals surface area (Å²) in [5.41, 5.74) is 1.31. The molecule has 0 aliphatic carbocycles. The molecule has 0 saturated carbocycles. The van der Waals surface area contributed by atoms with Gasteiger partial charge >= 0.3 is 6.03 Å². The van der Waals surface area contributed by atoms with E-state index < -0.39 is 0 Å². The van der Waals surface area contributed by atoms with Gasteiger partial charge in [0.1, 0.15) is 0 Å². The van der Waals surface area contributed by atoms with Crippen LogP contribution >= 0.6 is 0 Å². The lowest BCUT2D eigenvalue weighted by Crippen LogP contribution is -2.62. The molecular weight excluding hydrogens is 322 g/mol. The molecule has 1 fully saturated rings. The third-order valence-corrected chi connectivity index (χ3v) is 5.04. The van der Waals surface area contributed by atoms with Gasteiger partial charge < -0.3 is 16.0 Å². The van der Waals surface area contributed by atoms with Crippen LogP contribution in [0.3, 0.4) is 0 Å². The van der Waals surface area contributed by atoms with Crippen LogP contribution < -0.4 is 16.0 Å². The summed E-state index contributed by atoms with van der Waals surface area (Å²) in [7, 11) is 0. The number of hydrogen-bond acceptors (Lipinski definition) is 2. The van der Waals surface area contributed by atoms with Gasteiger partial charge in [-0.15, -0.1) is 0 Å². The molecule has 0 atom stereocenters. The van der Waals surface area contributed by atoms with E-state index >= 15 is 0 Å². The van der Waals surface area contributed by atoms with E-state index in [1.807, 2.05) is 0 Å². The molecule has 3 N–H and O–H groups in total. The highest BCUT2D eigenvalue weighted by Crippen LogP contribution is 2.28. The van der Waals surface area contributed by atoms with Gasteiger partial charge in [-0.25, -0.2) is 4.79 Å². The number of fused-ring (bicyclic) bond motifs is 1. The number of carbonyl (C=O) groups excluding carboxylic acids is 1. The first-order chi connectivity index (χ1) is 12.2. The highest BCUT2D eigenvalue weighted by Gasteiger charge is 2.38.